The van der Waals surface area contributed by atoms with Crippen LogP contribution in [0.3, 0.4) is 0 Å². The molecule has 11 heteroatoms. The van der Waals surface area contributed by atoms with Crippen LogP contribution in [0.2, 0.25) is 0 Å². The molecule has 0 saturated heterocycles. The van der Waals surface area contributed by atoms with Crippen molar-refractivity contribution in [1.82, 2.24) is 0 Å². The fourth-order valence-corrected chi connectivity index (χ4v) is 0. The van der Waals surface area contributed by atoms with E-state index in [1.807, 2.05) is 0 Å². The summed E-state index contributed by atoms with van der Waals surface area (Å²) in [7, 11) is -5.17. The van der Waals surface area contributed by atoms with Gasteiger partial charge in [-0.3, -0.25) is 8.42 Å². The number of hydrogen-bond acceptors (Lipinski definition) is 6. The molecule has 0 spiro atoms. The van der Waals surface area contributed by atoms with Gasteiger partial charge in [-0.25, -0.2) is 0 Å². The Morgan fingerprint density at radius 3 is 1.17 bits per heavy atom. The Labute approximate surface area is 155 Å². The van der Waals surface area contributed by atoms with E-state index in [4.69, 9.17) is 32.5 Å². The predicted molar refractivity (Wildman–Crippen MR) is 30.0 cm³/mol. The molecule has 0 saturated carbocycles. The third-order valence-corrected chi connectivity index (χ3v) is 0. The Morgan fingerprint density at radius 1 is 1.17 bits per heavy atom. The van der Waals surface area contributed by atoms with E-state index in [1.165, 1.54) is 0 Å². The van der Waals surface area contributed by atoms with E-state index in [0.29, 0.717) is 0 Å². The summed E-state index contributed by atoms with van der Waals surface area (Å²) in [4.78, 5) is 8.44. The zero-order valence-corrected chi connectivity index (χ0v) is 16.1. The maximum Gasteiger partial charge on any atom is 2.00 e. The van der Waals surface area contributed by atoms with Crippen molar-refractivity contribution in [2.75, 3.05) is 0 Å². The van der Waals surface area contributed by atoms with E-state index in [2.05, 4.69) is 0 Å². The Hall–Kier alpha value is 2.57. The van der Waals surface area contributed by atoms with Gasteiger partial charge in [0, 0.05) is 10.4 Å². The molecule has 0 rings (SSSR count). The molecule has 12 heavy (non-hydrogen) atoms. The smallest absolute Gasteiger partial charge is 1.00 e. The number of carboxylic acid groups (broad SMARTS) is 2. The first-order valence-corrected chi connectivity index (χ1v) is 2.63. The molecule has 7 nitrogen and oxygen atoms in total. The summed E-state index contributed by atoms with van der Waals surface area (Å²) in [6.45, 7) is 0. The van der Waals surface area contributed by atoms with E-state index in [1.54, 1.807) is 0 Å². The number of rotatable bonds is 0. The summed E-state index contributed by atoms with van der Waals surface area (Å²) in [6.07, 6.45) is -2.08. The van der Waals surface area contributed by atoms with Crippen molar-refractivity contribution < 1.29 is 44.9 Å². The van der Waals surface area contributed by atoms with Gasteiger partial charge in [-0.2, -0.15) is 0 Å². The average Bonchev–Trinajstić information content (AvgIpc) is 1.19. The van der Waals surface area contributed by atoms with Crippen LogP contribution in [0.5, 0.6) is 0 Å². The summed E-state index contributed by atoms with van der Waals surface area (Å²) in [5.74, 6) is 0. The molecule has 0 amide bonds. The fraction of sp³-hybridized carbons (Fsp3) is 0. The minimum absolute atomic E-state index is 0. The predicted octanol–water partition coefficient (Wildman–Crippen LogP) is -6.21. The zero-order chi connectivity index (χ0) is 8.08. The Kier molecular flexibility index (Phi) is 39.1. The molecular formula is CHBa2ClO7S. The topological polar surface area (TPSA) is 141 Å². The second-order valence-electron chi connectivity index (χ2n) is 0.674. The average molecular weight is 467 g/mol. The molecule has 0 aliphatic heterocycles. The van der Waals surface area contributed by atoms with Gasteiger partial charge in [0.05, 0.1) is 0 Å². The first-order valence-electron chi connectivity index (χ1n) is 1.30. The van der Waals surface area contributed by atoms with Gasteiger partial charge < -0.3 is 36.5 Å². The molecule has 0 unspecified atom stereocenters. The third-order valence-electron chi connectivity index (χ3n) is 0. The molecule has 0 heterocycles. The summed E-state index contributed by atoms with van der Waals surface area (Å²) in [5.41, 5.74) is 0. The maximum atomic E-state index is 8.52. The van der Waals surface area contributed by atoms with Gasteiger partial charge in [0.25, 0.3) is 0 Å². The molecule has 1 N–H and O–H groups in total. The normalized spacial score (nSPS) is 6.83. The Bertz CT molecular complexity index is 164. The van der Waals surface area contributed by atoms with Crippen LogP contribution in [-0.2, 0) is 10.4 Å². The van der Waals surface area contributed by atoms with Gasteiger partial charge >= 0.3 is 97.8 Å². The minimum Gasteiger partial charge on any atom is -1.00 e. The van der Waals surface area contributed by atoms with Crippen LogP contribution in [0.15, 0.2) is 0 Å². The van der Waals surface area contributed by atoms with Crippen LogP contribution in [-0.4, -0.2) is 127 Å². The van der Waals surface area contributed by atoms with Crippen LogP contribution in [0.4, 0.5) is 4.79 Å². The van der Waals surface area contributed by atoms with Crippen LogP contribution < -0.4 is 17.5 Å². The molecule has 0 aromatic heterocycles. The minimum atomic E-state index is -5.17. The maximum absolute atomic E-state index is 8.52. The summed E-state index contributed by atoms with van der Waals surface area (Å²) >= 11 is 0. The fourth-order valence-electron chi connectivity index (χ4n) is 0. The molecule has 0 radical (unpaired) electrons. The van der Waals surface area contributed by atoms with Gasteiger partial charge in [-0.15, -0.1) is 0 Å². The van der Waals surface area contributed by atoms with Gasteiger partial charge in [0.2, 0.25) is 6.16 Å². The van der Waals surface area contributed by atoms with Gasteiger partial charge in [0.15, 0.2) is 0 Å². The Morgan fingerprint density at radius 2 is 1.17 bits per heavy atom. The largest absolute Gasteiger partial charge is 2.00 e. The monoisotopic (exact) mass is 468 g/mol. The van der Waals surface area contributed by atoms with E-state index in [0.717, 1.165) is 0 Å². The molecule has 0 fully saturated rings. The number of halogens is 1. The summed E-state index contributed by atoms with van der Waals surface area (Å²) < 4.78 is 34.1. The van der Waals surface area contributed by atoms with Crippen LogP contribution in [0, 0.1) is 0 Å². The second kappa shape index (κ2) is 16.0. The molecule has 0 aliphatic rings. The first-order chi connectivity index (χ1) is 3.73. The van der Waals surface area contributed by atoms with Crippen LogP contribution >= 0.6 is 0 Å². The zero-order valence-electron chi connectivity index (χ0n) is 5.60. The van der Waals surface area contributed by atoms with Gasteiger partial charge in [-0.05, 0) is 0 Å². The standard InChI is InChI=1S/CH2O3.2Ba.ClH.H2O4S/c2-1(3)4;;;;1-5(2,3)4/h(H2,2,3,4);;;1H;(H2,1,2,3,4)/q;2*+2;;/p-4. The Balaban J connectivity index is -0.0000000221. The quantitative estimate of drug-likeness (QED) is 0.212. The van der Waals surface area contributed by atoms with Gasteiger partial charge in [0.1, 0.15) is 0 Å². The van der Waals surface area contributed by atoms with Crippen molar-refractivity contribution in [3.8, 4) is 0 Å². The van der Waals surface area contributed by atoms with Crippen molar-refractivity contribution in [2.45, 2.75) is 0 Å². The van der Waals surface area contributed by atoms with Crippen molar-refractivity contribution >= 4 is 114 Å². The van der Waals surface area contributed by atoms with Crippen molar-refractivity contribution in [1.29, 1.82) is 0 Å². The van der Waals surface area contributed by atoms with E-state index in [-0.39, 0.29) is 110 Å². The van der Waals surface area contributed by atoms with E-state index >= 15 is 0 Å². The summed E-state index contributed by atoms with van der Waals surface area (Å²) in [6, 6.07) is 0. The molecule has 0 atom stereocenters. The second-order valence-corrected chi connectivity index (χ2v) is 1.49. The molecule has 0 bridgehead atoms. The molecular weight excluding hydrogens is 466 g/mol. The van der Waals surface area contributed by atoms with Crippen molar-refractivity contribution in [3.05, 3.63) is 0 Å². The molecule has 0 aromatic carbocycles. The van der Waals surface area contributed by atoms with Crippen LogP contribution in [0.25, 0.3) is 0 Å². The van der Waals surface area contributed by atoms with Crippen molar-refractivity contribution in [2.24, 2.45) is 0 Å². The van der Waals surface area contributed by atoms with Gasteiger partial charge in [-0.1, -0.05) is 0 Å². The van der Waals surface area contributed by atoms with E-state index < -0.39 is 16.6 Å². The SMILES string of the molecule is O=C([O-])O.O=S(=O)([O-])[O-].[Ba+2].[Ba+2].[Cl-]. The van der Waals surface area contributed by atoms with Crippen LogP contribution in [0.1, 0.15) is 0 Å². The molecule has 0 aromatic rings. The first kappa shape index (κ1) is 29.3. The third kappa shape index (κ3) is 254. The summed E-state index contributed by atoms with van der Waals surface area (Å²) in [5, 5.41) is 15.3. The molecule has 0 aliphatic carbocycles. The van der Waals surface area contributed by atoms with Crippen molar-refractivity contribution in [3.63, 3.8) is 0 Å². The molecule has 64 valence electrons. The number of hydrogen-bond donors (Lipinski definition) is 1. The number of carbonyl (C=O) groups is 1. The van der Waals surface area contributed by atoms with E-state index in [9.17, 15) is 0 Å².